The van der Waals surface area contributed by atoms with Crippen LogP contribution in [0.4, 0.5) is 0 Å². The smallest absolute Gasteiger partial charge is 0.273 e. The number of aromatic hydroxyl groups is 1. The third kappa shape index (κ3) is 3.89. The maximum Gasteiger partial charge on any atom is 0.273 e. The van der Waals surface area contributed by atoms with E-state index in [1.165, 1.54) is 30.3 Å². The molecule has 0 aliphatic heterocycles. The van der Waals surface area contributed by atoms with Crippen molar-refractivity contribution in [3.63, 3.8) is 0 Å². The fourth-order valence-electron chi connectivity index (χ4n) is 3.25. The predicted molar refractivity (Wildman–Crippen MR) is 116 cm³/mol. The van der Waals surface area contributed by atoms with Crippen molar-refractivity contribution in [3.05, 3.63) is 99.7 Å². The van der Waals surface area contributed by atoms with Crippen molar-refractivity contribution in [1.82, 2.24) is 10.9 Å². The largest absolute Gasteiger partial charge is 0.508 e. The highest BCUT2D eigenvalue weighted by Crippen LogP contribution is 2.27. The molecule has 1 heterocycles. The molecular weight excluding hydrogens is 396 g/mol. The number of para-hydroxylation sites is 1. The van der Waals surface area contributed by atoms with Gasteiger partial charge in [-0.15, -0.1) is 0 Å². The topological polar surface area (TPSA) is 109 Å². The minimum absolute atomic E-state index is 0.0707. The number of carbonyl (C=O) groups is 2. The molecule has 3 aromatic carbocycles. The molecule has 7 nitrogen and oxygen atoms in total. The first-order valence-corrected chi connectivity index (χ1v) is 9.47. The summed E-state index contributed by atoms with van der Waals surface area (Å²) in [6.45, 7) is 1.68. The highest BCUT2D eigenvalue weighted by Gasteiger charge is 2.19. The summed E-state index contributed by atoms with van der Waals surface area (Å²) in [5.41, 5.74) is 5.93. The summed E-state index contributed by atoms with van der Waals surface area (Å²) < 4.78 is 6.01. The van der Waals surface area contributed by atoms with Crippen molar-refractivity contribution < 1.29 is 19.1 Å². The summed E-state index contributed by atoms with van der Waals surface area (Å²) in [6.07, 6.45) is 0. The van der Waals surface area contributed by atoms with Crippen LogP contribution >= 0.6 is 0 Å². The van der Waals surface area contributed by atoms with Crippen LogP contribution < -0.4 is 16.3 Å². The number of nitrogens with one attached hydrogen (secondary N) is 2. The molecule has 0 aliphatic carbocycles. The summed E-state index contributed by atoms with van der Waals surface area (Å²) in [7, 11) is 0. The van der Waals surface area contributed by atoms with Gasteiger partial charge in [0.15, 0.2) is 11.0 Å². The molecule has 0 unspecified atom stereocenters. The van der Waals surface area contributed by atoms with Crippen LogP contribution in [0.3, 0.4) is 0 Å². The zero-order valence-electron chi connectivity index (χ0n) is 16.5. The maximum atomic E-state index is 12.9. The third-order valence-electron chi connectivity index (χ3n) is 4.82. The lowest BCUT2D eigenvalue weighted by Crippen LogP contribution is -2.41. The molecule has 7 heteroatoms. The second kappa shape index (κ2) is 8.16. The van der Waals surface area contributed by atoms with Gasteiger partial charge in [-0.1, -0.05) is 42.5 Å². The van der Waals surface area contributed by atoms with E-state index >= 15 is 0 Å². The van der Waals surface area contributed by atoms with E-state index in [2.05, 4.69) is 10.9 Å². The zero-order chi connectivity index (χ0) is 22.0. The molecule has 0 saturated heterocycles. The van der Waals surface area contributed by atoms with Crippen molar-refractivity contribution in [2.24, 2.45) is 0 Å². The Hall–Kier alpha value is -4.39. The SMILES string of the molecule is Cc1c(-c2ccccc2)oc2c(C(=O)NNC(=O)c3cccc(O)c3)cccc2c1=O. The third-order valence-corrected chi connectivity index (χ3v) is 4.82. The number of phenolic OH excluding ortho intramolecular Hbond substituents is 1. The van der Waals surface area contributed by atoms with Crippen LogP contribution in [0, 0.1) is 6.92 Å². The molecule has 2 amide bonds. The molecule has 3 N–H and O–H groups in total. The summed E-state index contributed by atoms with van der Waals surface area (Å²) in [4.78, 5) is 37.9. The Bertz CT molecular complexity index is 1360. The monoisotopic (exact) mass is 414 g/mol. The van der Waals surface area contributed by atoms with Gasteiger partial charge in [-0.25, -0.2) is 0 Å². The minimum atomic E-state index is -0.648. The quantitative estimate of drug-likeness (QED) is 0.444. The maximum absolute atomic E-state index is 12.9. The van der Waals surface area contributed by atoms with Crippen LogP contribution in [0.25, 0.3) is 22.3 Å². The lowest BCUT2D eigenvalue weighted by Gasteiger charge is -2.11. The number of fused-ring (bicyclic) bond motifs is 1. The first-order chi connectivity index (χ1) is 15.0. The van der Waals surface area contributed by atoms with E-state index in [1.54, 1.807) is 19.1 Å². The average molecular weight is 414 g/mol. The van der Waals surface area contributed by atoms with Crippen molar-refractivity contribution in [2.45, 2.75) is 6.92 Å². The number of rotatable bonds is 3. The van der Waals surface area contributed by atoms with Gasteiger partial charge in [-0.2, -0.15) is 0 Å². The molecule has 0 saturated carbocycles. The lowest BCUT2D eigenvalue weighted by molar-refractivity contribution is 0.0847. The van der Waals surface area contributed by atoms with Crippen molar-refractivity contribution in [2.75, 3.05) is 0 Å². The Morgan fingerprint density at radius 1 is 0.871 bits per heavy atom. The molecule has 0 aliphatic rings. The Morgan fingerprint density at radius 2 is 1.58 bits per heavy atom. The summed E-state index contributed by atoms with van der Waals surface area (Å²) in [6, 6.07) is 19.5. The molecule has 0 fully saturated rings. The normalized spacial score (nSPS) is 10.6. The van der Waals surface area contributed by atoms with Gasteiger partial charge in [0.05, 0.1) is 10.9 Å². The fourth-order valence-corrected chi connectivity index (χ4v) is 3.25. The first-order valence-electron chi connectivity index (χ1n) is 9.47. The zero-order valence-corrected chi connectivity index (χ0v) is 16.5. The lowest BCUT2D eigenvalue weighted by atomic mass is 10.0. The van der Waals surface area contributed by atoms with Gasteiger partial charge in [-0.3, -0.25) is 25.2 Å². The van der Waals surface area contributed by atoms with Gasteiger partial charge < -0.3 is 9.52 Å². The number of hydrazine groups is 1. The molecule has 31 heavy (non-hydrogen) atoms. The number of carbonyl (C=O) groups excluding carboxylic acids is 2. The summed E-state index contributed by atoms with van der Waals surface area (Å²) in [5.74, 6) is -0.947. The van der Waals surface area contributed by atoms with E-state index in [4.69, 9.17) is 4.42 Å². The molecule has 154 valence electrons. The van der Waals surface area contributed by atoms with E-state index in [0.717, 1.165) is 0 Å². The van der Waals surface area contributed by atoms with Gasteiger partial charge in [0.25, 0.3) is 11.8 Å². The van der Waals surface area contributed by atoms with Crippen LogP contribution in [0.15, 0.2) is 82.0 Å². The van der Waals surface area contributed by atoms with E-state index in [0.29, 0.717) is 16.9 Å². The van der Waals surface area contributed by atoms with E-state index < -0.39 is 11.8 Å². The number of phenols is 1. The van der Waals surface area contributed by atoms with Crippen LogP contribution in [0.1, 0.15) is 26.3 Å². The van der Waals surface area contributed by atoms with Crippen molar-refractivity contribution >= 4 is 22.8 Å². The van der Waals surface area contributed by atoms with Gasteiger partial charge in [0.1, 0.15) is 11.5 Å². The highest BCUT2D eigenvalue weighted by molar-refractivity contribution is 6.06. The number of benzene rings is 3. The minimum Gasteiger partial charge on any atom is -0.508 e. The van der Waals surface area contributed by atoms with Gasteiger partial charge in [0.2, 0.25) is 0 Å². The molecular formula is C24H18N2O5. The second-order valence-electron chi connectivity index (χ2n) is 6.89. The van der Waals surface area contributed by atoms with E-state index in [-0.39, 0.29) is 33.3 Å². The van der Waals surface area contributed by atoms with E-state index in [9.17, 15) is 19.5 Å². The summed E-state index contributed by atoms with van der Waals surface area (Å²) in [5, 5.41) is 9.76. The Balaban J connectivity index is 1.69. The molecule has 1 aromatic heterocycles. The summed E-state index contributed by atoms with van der Waals surface area (Å²) >= 11 is 0. The Morgan fingerprint density at radius 3 is 2.32 bits per heavy atom. The van der Waals surface area contributed by atoms with Gasteiger partial charge in [-0.05, 0) is 37.3 Å². The Kier molecular flexibility index (Phi) is 5.24. The van der Waals surface area contributed by atoms with Crippen molar-refractivity contribution in [1.29, 1.82) is 0 Å². The molecule has 0 bridgehead atoms. The van der Waals surface area contributed by atoms with E-state index in [1.807, 2.05) is 30.3 Å². The first kappa shape index (κ1) is 19.9. The highest BCUT2D eigenvalue weighted by atomic mass is 16.3. The molecule has 0 spiro atoms. The standard InChI is InChI=1S/C24H18N2O5/c1-14-20(28)18-11-6-12-19(22(18)31-21(14)15-7-3-2-4-8-15)24(30)26-25-23(29)16-9-5-10-17(27)13-16/h2-13,27H,1H3,(H,25,29)(H,26,30). The number of amides is 2. The van der Waals surface area contributed by atoms with Crippen LogP contribution in [0.2, 0.25) is 0 Å². The predicted octanol–water partition coefficient (Wildman–Crippen LogP) is 3.55. The molecule has 0 radical (unpaired) electrons. The molecule has 4 rings (SSSR count). The van der Waals surface area contributed by atoms with Crippen LogP contribution in [-0.2, 0) is 0 Å². The van der Waals surface area contributed by atoms with Gasteiger partial charge >= 0.3 is 0 Å². The average Bonchev–Trinajstić information content (AvgIpc) is 2.79. The molecule has 4 aromatic rings. The number of hydrogen-bond donors (Lipinski definition) is 3. The van der Waals surface area contributed by atoms with Gasteiger partial charge in [0, 0.05) is 16.7 Å². The van der Waals surface area contributed by atoms with Crippen LogP contribution in [-0.4, -0.2) is 16.9 Å². The number of hydrogen-bond acceptors (Lipinski definition) is 5. The molecule has 0 atom stereocenters. The fraction of sp³-hybridized carbons (Fsp3) is 0.0417. The Labute approximate surface area is 176 Å². The van der Waals surface area contributed by atoms with Crippen LogP contribution in [0.5, 0.6) is 5.75 Å². The van der Waals surface area contributed by atoms with Crippen molar-refractivity contribution in [3.8, 4) is 17.1 Å². The second-order valence-corrected chi connectivity index (χ2v) is 6.89.